The number of piperazine rings is 1. The van der Waals surface area contributed by atoms with E-state index in [1.807, 2.05) is 19.1 Å². The van der Waals surface area contributed by atoms with Gasteiger partial charge in [-0.3, -0.25) is 29.5 Å². The largest absolute Gasteiger partial charge is 0.369 e. The molecular formula is C44H53FN10O5S. The van der Waals surface area contributed by atoms with E-state index in [0.29, 0.717) is 46.7 Å². The van der Waals surface area contributed by atoms with Crippen molar-refractivity contribution in [3.8, 4) is 0 Å². The van der Waals surface area contributed by atoms with E-state index in [1.165, 1.54) is 4.90 Å². The van der Waals surface area contributed by atoms with Crippen molar-refractivity contribution in [2.75, 3.05) is 54.8 Å². The van der Waals surface area contributed by atoms with Gasteiger partial charge in [0.25, 0.3) is 5.91 Å². The van der Waals surface area contributed by atoms with E-state index in [1.54, 1.807) is 63.4 Å². The Hall–Kier alpha value is -5.49. The van der Waals surface area contributed by atoms with Gasteiger partial charge in [0.05, 0.1) is 11.4 Å². The van der Waals surface area contributed by atoms with Crippen molar-refractivity contribution in [1.82, 2.24) is 34.7 Å². The van der Waals surface area contributed by atoms with Crippen LogP contribution in [0.2, 0.25) is 0 Å². The third-order valence-electron chi connectivity index (χ3n) is 11.8. The lowest BCUT2D eigenvalue weighted by Gasteiger charge is -2.43. The number of aromatic nitrogens is 2. The highest BCUT2D eigenvalue weighted by molar-refractivity contribution is 7.89. The van der Waals surface area contributed by atoms with Crippen molar-refractivity contribution in [3.05, 3.63) is 94.9 Å². The summed E-state index contributed by atoms with van der Waals surface area (Å²) < 4.78 is 44.3. The summed E-state index contributed by atoms with van der Waals surface area (Å²) in [5.41, 5.74) is 3.95. The molecule has 61 heavy (non-hydrogen) atoms. The lowest BCUT2D eigenvalue weighted by Crippen LogP contribution is -2.53. The van der Waals surface area contributed by atoms with Gasteiger partial charge in [-0.1, -0.05) is 12.1 Å². The molecular weight excluding hydrogens is 800 g/mol. The maximum atomic E-state index is 15.8. The maximum Gasteiger partial charge on any atom is 0.255 e. The Kier molecular flexibility index (Phi) is 11.8. The second-order valence-corrected chi connectivity index (χ2v) is 19.1. The molecule has 4 aromatic rings. The Morgan fingerprint density at radius 3 is 2.33 bits per heavy atom. The van der Waals surface area contributed by atoms with E-state index >= 15 is 4.39 Å². The van der Waals surface area contributed by atoms with Crippen molar-refractivity contribution in [2.45, 2.75) is 89.0 Å². The summed E-state index contributed by atoms with van der Waals surface area (Å²) in [6.07, 6.45) is 4.11. The molecule has 4 aliphatic rings. The molecule has 3 fully saturated rings. The molecule has 4 aliphatic heterocycles. The summed E-state index contributed by atoms with van der Waals surface area (Å²) in [4.78, 5) is 55.1. The first-order chi connectivity index (χ1) is 29.1. The minimum absolute atomic E-state index is 0.0309. The smallest absolute Gasteiger partial charge is 0.255 e. The van der Waals surface area contributed by atoms with E-state index in [0.717, 1.165) is 69.0 Å². The van der Waals surface area contributed by atoms with Crippen LogP contribution in [-0.4, -0.2) is 108 Å². The second kappa shape index (κ2) is 17.1. The number of benzene rings is 3. The van der Waals surface area contributed by atoms with Gasteiger partial charge in [0.2, 0.25) is 27.8 Å². The highest BCUT2D eigenvalue weighted by Gasteiger charge is 2.41. The molecule has 3 aromatic carbocycles. The zero-order valence-electron chi connectivity index (χ0n) is 35.0. The summed E-state index contributed by atoms with van der Waals surface area (Å²) in [6, 6.07) is 17.9. The van der Waals surface area contributed by atoms with Crippen LogP contribution in [0.4, 0.5) is 33.2 Å². The normalized spacial score (nSPS) is 19.6. The number of likely N-dealkylation sites (tertiary alicyclic amines) is 1. The molecule has 0 spiro atoms. The van der Waals surface area contributed by atoms with Crippen LogP contribution >= 0.6 is 0 Å². The number of fused-ring (bicyclic) bond motifs is 1. The molecule has 1 unspecified atom stereocenters. The van der Waals surface area contributed by atoms with E-state index in [2.05, 4.69) is 57.5 Å². The lowest BCUT2D eigenvalue weighted by atomic mass is 10.00. The number of piperidine rings is 2. The fourth-order valence-electron chi connectivity index (χ4n) is 8.66. The molecule has 0 bridgehead atoms. The minimum atomic E-state index is -3.70. The molecule has 322 valence electrons. The van der Waals surface area contributed by atoms with Gasteiger partial charge in [0, 0.05) is 96.2 Å². The Morgan fingerprint density at radius 1 is 0.885 bits per heavy atom. The minimum Gasteiger partial charge on any atom is -0.369 e. The highest BCUT2D eigenvalue weighted by atomic mass is 32.2. The fourth-order valence-corrected chi connectivity index (χ4v) is 10.1. The van der Waals surface area contributed by atoms with Crippen molar-refractivity contribution >= 4 is 56.6 Å². The lowest BCUT2D eigenvalue weighted by molar-refractivity contribution is -0.136. The van der Waals surface area contributed by atoms with Gasteiger partial charge in [0.15, 0.2) is 0 Å². The quantitative estimate of drug-likeness (QED) is 0.149. The van der Waals surface area contributed by atoms with Gasteiger partial charge in [-0.15, -0.1) is 0 Å². The Bertz CT molecular complexity index is 2430. The van der Waals surface area contributed by atoms with Crippen molar-refractivity contribution < 1.29 is 27.2 Å². The van der Waals surface area contributed by atoms with Gasteiger partial charge in [-0.05, 0) is 109 Å². The molecule has 17 heteroatoms. The molecule has 0 saturated carbocycles. The molecule has 1 atom stereocenters. The molecule has 3 amide bonds. The Balaban J connectivity index is 0.803. The van der Waals surface area contributed by atoms with Crippen LogP contribution in [-0.2, 0) is 32.7 Å². The van der Waals surface area contributed by atoms with Crippen LogP contribution in [0.3, 0.4) is 0 Å². The molecule has 0 aliphatic carbocycles. The predicted octanol–water partition coefficient (Wildman–Crippen LogP) is 5.04. The SMILES string of the molecule is Cc1cnc(Nc2ccc(N3CCN(C4CCN(Cc5ccc6c(c5F)CN(C5CCC(=O)NC5=O)C6=O)CC4)CC3)cc2)nc1Nc1cccc(S(=O)(=O)NC(C)(C)C)c1. The number of hydrogen-bond acceptors (Lipinski definition) is 12. The number of nitrogens with one attached hydrogen (secondary N) is 4. The number of sulfonamides is 1. The van der Waals surface area contributed by atoms with Crippen LogP contribution in [0, 0.1) is 12.7 Å². The molecule has 8 rings (SSSR count). The third-order valence-corrected chi connectivity index (χ3v) is 13.6. The molecule has 5 heterocycles. The molecule has 3 saturated heterocycles. The summed E-state index contributed by atoms with van der Waals surface area (Å²) in [7, 11) is -3.70. The number of anilines is 5. The van der Waals surface area contributed by atoms with E-state index < -0.39 is 27.5 Å². The third kappa shape index (κ3) is 9.54. The first-order valence-corrected chi connectivity index (χ1v) is 22.4. The highest BCUT2D eigenvalue weighted by Crippen LogP contribution is 2.32. The summed E-state index contributed by atoms with van der Waals surface area (Å²) in [5, 5.41) is 8.84. The van der Waals surface area contributed by atoms with Crippen molar-refractivity contribution in [2.24, 2.45) is 0 Å². The van der Waals surface area contributed by atoms with Gasteiger partial charge in [-0.2, -0.15) is 4.98 Å². The Labute approximate surface area is 356 Å². The van der Waals surface area contributed by atoms with Gasteiger partial charge in [-0.25, -0.2) is 22.5 Å². The number of aryl methyl sites for hydroxylation is 1. The van der Waals surface area contributed by atoms with Gasteiger partial charge >= 0.3 is 0 Å². The number of halogens is 1. The summed E-state index contributed by atoms with van der Waals surface area (Å²) >= 11 is 0. The predicted molar refractivity (Wildman–Crippen MR) is 231 cm³/mol. The number of imide groups is 1. The van der Waals surface area contributed by atoms with Crippen LogP contribution in [0.5, 0.6) is 0 Å². The molecule has 15 nitrogen and oxygen atoms in total. The van der Waals surface area contributed by atoms with E-state index in [9.17, 15) is 22.8 Å². The number of amides is 3. The number of hydrogen-bond donors (Lipinski definition) is 4. The van der Waals surface area contributed by atoms with Crippen molar-refractivity contribution in [1.29, 1.82) is 0 Å². The average Bonchev–Trinajstić information content (AvgIpc) is 3.56. The zero-order valence-corrected chi connectivity index (χ0v) is 35.8. The van der Waals surface area contributed by atoms with Gasteiger partial charge in [0.1, 0.15) is 17.7 Å². The molecule has 0 radical (unpaired) electrons. The van der Waals surface area contributed by atoms with E-state index in [4.69, 9.17) is 0 Å². The van der Waals surface area contributed by atoms with Crippen LogP contribution in [0.25, 0.3) is 0 Å². The van der Waals surface area contributed by atoms with Crippen LogP contribution < -0.4 is 25.6 Å². The molecule has 4 N–H and O–H groups in total. The standard InChI is InChI=1S/C44H53FN10O5S/c1-28-25-46-43(50-40(28)47-31-6-5-7-34(24-31)61(59,60)51-44(2,3)4)48-30-9-11-32(12-10-30)53-20-22-54(23-21-53)33-16-18-52(19-17-33)26-29-8-13-35-36(39(29)45)27-55(42(35)58)37-14-15-38(56)49-41(37)57/h5-13,24-25,33,37,51H,14-23,26-27H2,1-4H3,(H,49,56,57)(H2,46,47,48,50). The number of carbonyl (C=O) groups excluding carboxylic acids is 3. The first-order valence-electron chi connectivity index (χ1n) is 20.9. The number of carbonyl (C=O) groups is 3. The van der Waals surface area contributed by atoms with Crippen LogP contribution in [0.15, 0.2) is 71.8 Å². The maximum absolute atomic E-state index is 15.8. The summed E-state index contributed by atoms with van der Waals surface area (Å²) in [5.74, 6) is -0.628. The topological polar surface area (TPSA) is 172 Å². The average molecular weight is 853 g/mol. The Morgan fingerprint density at radius 2 is 1.62 bits per heavy atom. The fraction of sp³-hybridized carbons (Fsp3) is 0.432. The summed E-state index contributed by atoms with van der Waals surface area (Å²) in [6.45, 7) is 13.2. The van der Waals surface area contributed by atoms with Crippen molar-refractivity contribution in [3.63, 3.8) is 0 Å². The number of nitrogens with zero attached hydrogens (tertiary/aromatic N) is 6. The van der Waals surface area contributed by atoms with Gasteiger partial charge < -0.3 is 20.4 Å². The monoisotopic (exact) mass is 852 g/mol. The van der Waals surface area contributed by atoms with E-state index in [-0.39, 0.29) is 41.9 Å². The second-order valence-electron chi connectivity index (χ2n) is 17.4. The number of rotatable bonds is 11. The molecule has 1 aromatic heterocycles. The zero-order chi connectivity index (χ0) is 43.1. The van der Waals surface area contributed by atoms with Crippen LogP contribution in [0.1, 0.15) is 73.5 Å². The first kappa shape index (κ1) is 42.2.